The molecule has 1 N–H and O–H groups in total. The molecule has 0 atom stereocenters. The van der Waals surface area contributed by atoms with Crippen LogP contribution in [0.5, 0.6) is 5.75 Å². The number of hydrogen-bond acceptors (Lipinski definition) is 5. The van der Waals surface area contributed by atoms with Gasteiger partial charge in [0.1, 0.15) is 5.75 Å². The van der Waals surface area contributed by atoms with Crippen LogP contribution in [0, 0.1) is 0 Å². The van der Waals surface area contributed by atoms with Gasteiger partial charge >= 0.3 is 5.97 Å². The Morgan fingerprint density at radius 2 is 1.90 bits per heavy atom. The molecule has 0 saturated carbocycles. The molecule has 0 heterocycles. The second-order valence-electron chi connectivity index (χ2n) is 4.01. The maximum absolute atomic E-state index is 11.7. The van der Waals surface area contributed by atoms with Crippen LogP contribution >= 0.6 is 11.8 Å². The molecule has 20 heavy (non-hydrogen) atoms. The van der Waals surface area contributed by atoms with Crippen molar-refractivity contribution in [1.82, 2.24) is 0 Å². The highest BCUT2D eigenvalue weighted by atomic mass is 32.2. The average Bonchev–Trinajstić information content (AvgIpc) is 2.47. The minimum absolute atomic E-state index is 0.0572. The number of benzene rings is 1. The van der Waals surface area contributed by atoms with Crippen LogP contribution in [-0.2, 0) is 14.3 Å². The van der Waals surface area contributed by atoms with E-state index < -0.39 is 0 Å². The van der Waals surface area contributed by atoms with Crippen molar-refractivity contribution in [3.63, 3.8) is 0 Å². The number of carbonyl (C=O) groups is 2. The van der Waals surface area contributed by atoms with E-state index in [4.69, 9.17) is 4.74 Å². The molecule has 0 aliphatic heterocycles. The largest absolute Gasteiger partial charge is 0.497 e. The summed E-state index contributed by atoms with van der Waals surface area (Å²) in [5.74, 6) is 1.60. The molecule has 0 aliphatic rings. The molecule has 110 valence electrons. The van der Waals surface area contributed by atoms with Crippen LogP contribution in [0.2, 0.25) is 0 Å². The van der Waals surface area contributed by atoms with Crippen LogP contribution in [0.4, 0.5) is 5.69 Å². The van der Waals surface area contributed by atoms with Crippen molar-refractivity contribution in [2.75, 3.05) is 31.0 Å². The summed E-state index contributed by atoms with van der Waals surface area (Å²) in [4.78, 5) is 22.5. The Kier molecular flexibility index (Phi) is 7.57. The number of methoxy groups -OCH3 is 2. The Morgan fingerprint density at radius 3 is 2.50 bits per heavy atom. The molecule has 1 amide bonds. The smallest absolute Gasteiger partial charge is 0.305 e. The number of esters is 1. The summed E-state index contributed by atoms with van der Waals surface area (Å²) >= 11 is 1.50. The summed E-state index contributed by atoms with van der Waals surface area (Å²) in [6, 6.07) is 7.16. The van der Waals surface area contributed by atoms with Crippen molar-refractivity contribution in [3.05, 3.63) is 24.3 Å². The van der Waals surface area contributed by atoms with Gasteiger partial charge in [0, 0.05) is 12.1 Å². The summed E-state index contributed by atoms with van der Waals surface area (Å²) in [6.07, 6.45) is 1.11. The summed E-state index contributed by atoms with van der Waals surface area (Å²) in [7, 11) is 2.97. The van der Waals surface area contributed by atoms with E-state index in [0.717, 1.165) is 17.2 Å². The summed E-state index contributed by atoms with van der Waals surface area (Å²) in [6.45, 7) is 0. The average molecular weight is 297 g/mol. The fourth-order valence-electron chi connectivity index (χ4n) is 1.46. The molecule has 0 fully saturated rings. The van der Waals surface area contributed by atoms with Crippen molar-refractivity contribution in [3.8, 4) is 5.75 Å². The zero-order valence-electron chi connectivity index (χ0n) is 11.7. The molecule has 0 saturated heterocycles. The maximum atomic E-state index is 11.7. The first kappa shape index (κ1) is 16.4. The lowest BCUT2D eigenvalue weighted by Crippen LogP contribution is -2.14. The molecule has 0 radical (unpaired) electrons. The third-order valence-corrected chi connectivity index (χ3v) is 3.55. The van der Waals surface area contributed by atoms with Gasteiger partial charge in [-0.15, -0.1) is 0 Å². The first-order chi connectivity index (χ1) is 9.65. The maximum Gasteiger partial charge on any atom is 0.305 e. The Bertz CT molecular complexity index is 433. The van der Waals surface area contributed by atoms with Crippen LogP contribution in [0.3, 0.4) is 0 Å². The Labute approximate surface area is 123 Å². The molecule has 1 rings (SSSR count). The van der Waals surface area contributed by atoms with Gasteiger partial charge in [-0.3, -0.25) is 9.59 Å². The van der Waals surface area contributed by atoms with Crippen LogP contribution in [-0.4, -0.2) is 37.6 Å². The van der Waals surface area contributed by atoms with Crippen LogP contribution in [0.25, 0.3) is 0 Å². The van der Waals surface area contributed by atoms with E-state index >= 15 is 0 Å². The van der Waals surface area contributed by atoms with Crippen molar-refractivity contribution in [1.29, 1.82) is 0 Å². The number of ether oxygens (including phenoxy) is 2. The SMILES string of the molecule is COC(=O)CCCSCC(=O)Nc1ccc(OC)cc1. The van der Waals surface area contributed by atoms with Gasteiger partial charge in [0.15, 0.2) is 0 Å². The molecule has 0 bridgehead atoms. The minimum Gasteiger partial charge on any atom is -0.497 e. The van der Waals surface area contributed by atoms with Crippen molar-refractivity contribution >= 4 is 29.3 Å². The van der Waals surface area contributed by atoms with E-state index in [1.807, 2.05) is 0 Å². The second kappa shape index (κ2) is 9.25. The van der Waals surface area contributed by atoms with E-state index in [1.165, 1.54) is 18.9 Å². The molecule has 0 aromatic heterocycles. The molecule has 1 aromatic rings. The summed E-state index contributed by atoms with van der Waals surface area (Å²) in [5.41, 5.74) is 0.742. The van der Waals surface area contributed by atoms with E-state index in [2.05, 4.69) is 10.1 Å². The summed E-state index contributed by atoms with van der Waals surface area (Å²) in [5, 5.41) is 2.80. The molecule has 6 heteroatoms. The van der Waals surface area contributed by atoms with Crippen molar-refractivity contribution in [2.24, 2.45) is 0 Å². The molecule has 0 unspecified atom stereocenters. The predicted octanol–water partition coefficient (Wildman–Crippen LogP) is 2.32. The number of thioether (sulfide) groups is 1. The normalized spacial score (nSPS) is 9.90. The van der Waals surface area contributed by atoms with Gasteiger partial charge in [0.2, 0.25) is 5.91 Å². The highest BCUT2D eigenvalue weighted by Gasteiger charge is 2.04. The summed E-state index contributed by atoms with van der Waals surface area (Å²) < 4.78 is 9.58. The van der Waals surface area contributed by atoms with Gasteiger partial charge in [-0.05, 0) is 36.4 Å². The first-order valence-corrected chi connectivity index (χ1v) is 7.39. The highest BCUT2D eigenvalue weighted by Crippen LogP contribution is 2.15. The second-order valence-corrected chi connectivity index (χ2v) is 5.11. The molecular weight excluding hydrogens is 278 g/mol. The van der Waals surface area contributed by atoms with Gasteiger partial charge in [-0.25, -0.2) is 0 Å². The number of amides is 1. The predicted molar refractivity (Wildman–Crippen MR) is 80.2 cm³/mol. The van der Waals surface area contributed by atoms with E-state index in [1.54, 1.807) is 31.4 Å². The third kappa shape index (κ3) is 6.47. The van der Waals surface area contributed by atoms with Gasteiger partial charge in [0.25, 0.3) is 0 Å². The van der Waals surface area contributed by atoms with Gasteiger partial charge in [-0.1, -0.05) is 0 Å². The van der Waals surface area contributed by atoms with E-state index in [0.29, 0.717) is 18.6 Å². The Hall–Kier alpha value is -1.69. The number of hydrogen-bond donors (Lipinski definition) is 1. The molecule has 0 aliphatic carbocycles. The minimum atomic E-state index is -0.215. The van der Waals surface area contributed by atoms with Gasteiger partial charge < -0.3 is 14.8 Å². The van der Waals surface area contributed by atoms with E-state index in [9.17, 15) is 9.59 Å². The van der Waals surface area contributed by atoms with Crippen LogP contribution in [0.15, 0.2) is 24.3 Å². The third-order valence-electron chi connectivity index (χ3n) is 2.50. The van der Waals surface area contributed by atoms with Crippen LogP contribution in [0.1, 0.15) is 12.8 Å². The number of anilines is 1. The lowest BCUT2D eigenvalue weighted by molar-refractivity contribution is -0.140. The number of rotatable bonds is 8. The lowest BCUT2D eigenvalue weighted by Gasteiger charge is -2.06. The highest BCUT2D eigenvalue weighted by molar-refractivity contribution is 7.99. The molecule has 0 spiro atoms. The monoisotopic (exact) mass is 297 g/mol. The Morgan fingerprint density at radius 1 is 1.20 bits per heavy atom. The van der Waals surface area contributed by atoms with Crippen LogP contribution < -0.4 is 10.1 Å². The zero-order valence-corrected chi connectivity index (χ0v) is 12.5. The first-order valence-electron chi connectivity index (χ1n) is 6.24. The lowest BCUT2D eigenvalue weighted by atomic mass is 10.3. The fourth-order valence-corrected chi connectivity index (χ4v) is 2.21. The quantitative estimate of drug-likeness (QED) is 0.589. The molecule has 1 aromatic carbocycles. The van der Waals surface area contributed by atoms with Gasteiger partial charge in [0.05, 0.1) is 20.0 Å². The standard InChI is InChI=1S/C14H19NO4S/c1-18-12-7-5-11(6-8-12)15-13(16)10-20-9-3-4-14(17)19-2/h5-8H,3-4,9-10H2,1-2H3,(H,15,16). The van der Waals surface area contributed by atoms with E-state index in [-0.39, 0.29) is 11.9 Å². The van der Waals surface area contributed by atoms with Gasteiger partial charge in [-0.2, -0.15) is 11.8 Å². The Balaban J connectivity index is 2.18. The fraction of sp³-hybridized carbons (Fsp3) is 0.429. The molecular formula is C14H19NO4S. The number of nitrogens with one attached hydrogen (secondary N) is 1. The topological polar surface area (TPSA) is 64.6 Å². The zero-order chi connectivity index (χ0) is 14.8. The van der Waals surface area contributed by atoms with Crippen molar-refractivity contribution < 1.29 is 19.1 Å². The van der Waals surface area contributed by atoms with Crippen molar-refractivity contribution in [2.45, 2.75) is 12.8 Å². The molecule has 5 nitrogen and oxygen atoms in total. The number of carbonyl (C=O) groups excluding carboxylic acids is 2.